The molecule has 1 aromatic carbocycles. The van der Waals surface area contributed by atoms with Gasteiger partial charge in [0.2, 0.25) is 0 Å². The molecule has 5 nitrogen and oxygen atoms in total. The first-order valence-corrected chi connectivity index (χ1v) is 7.44. The zero-order chi connectivity index (χ0) is 15.4. The van der Waals surface area contributed by atoms with Crippen LogP contribution in [0.2, 0.25) is 0 Å². The fourth-order valence-electron chi connectivity index (χ4n) is 2.43. The third kappa shape index (κ3) is 4.11. The van der Waals surface area contributed by atoms with E-state index in [2.05, 4.69) is 23.9 Å². The molecule has 0 aromatic heterocycles. The summed E-state index contributed by atoms with van der Waals surface area (Å²) in [6.45, 7) is 6.35. The van der Waals surface area contributed by atoms with E-state index in [1.807, 2.05) is 12.1 Å². The van der Waals surface area contributed by atoms with Gasteiger partial charge in [0.05, 0.1) is 7.11 Å². The van der Waals surface area contributed by atoms with Crippen molar-refractivity contribution in [1.29, 1.82) is 0 Å². The molecule has 0 bridgehead atoms. The molecule has 0 atom stereocenters. The Hall–Kier alpha value is -1.75. The van der Waals surface area contributed by atoms with E-state index in [0.717, 1.165) is 30.3 Å². The van der Waals surface area contributed by atoms with Crippen LogP contribution in [0, 0.1) is 5.92 Å². The molecular weight excluding hydrogens is 266 g/mol. The van der Waals surface area contributed by atoms with Crippen molar-refractivity contribution in [2.24, 2.45) is 16.8 Å². The first-order valence-electron chi connectivity index (χ1n) is 7.44. The highest BCUT2D eigenvalue weighted by atomic mass is 16.5. The monoisotopic (exact) mass is 291 g/mol. The Labute approximate surface area is 126 Å². The summed E-state index contributed by atoms with van der Waals surface area (Å²) in [5, 5.41) is 11.9. The maximum Gasteiger partial charge on any atom is 0.170 e. The number of methoxy groups -OCH3 is 1. The van der Waals surface area contributed by atoms with Gasteiger partial charge in [0.15, 0.2) is 5.84 Å². The lowest BCUT2D eigenvalue weighted by atomic mass is 10.1. The Bertz CT molecular complexity index is 510. The third-order valence-corrected chi connectivity index (χ3v) is 3.98. The Balaban J connectivity index is 2.22. The van der Waals surface area contributed by atoms with Gasteiger partial charge in [-0.3, -0.25) is 4.90 Å². The Morgan fingerprint density at radius 2 is 2.19 bits per heavy atom. The second kappa shape index (κ2) is 6.80. The molecular formula is C16H25N3O2. The number of amidine groups is 1. The molecule has 21 heavy (non-hydrogen) atoms. The fraction of sp³-hybridized carbons (Fsp3) is 0.562. The zero-order valence-corrected chi connectivity index (χ0v) is 13.0. The van der Waals surface area contributed by atoms with Crippen LogP contribution in [0.5, 0.6) is 5.75 Å². The van der Waals surface area contributed by atoms with Crippen LogP contribution in [0.3, 0.4) is 0 Å². The highest BCUT2D eigenvalue weighted by Gasteiger charge is 2.26. The van der Waals surface area contributed by atoms with E-state index < -0.39 is 0 Å². The lowest BCUT2D eigenvalue weighted by Gasteiger charge is -2.27. The van der Waals surface area contributed by atoms with Crippen molar-refractivity contribution in [1.82, 2.24) is 4.90 Å². The summed E-state index contributed by atoms with van der Waals surface area (Å²) in [4.78, 5) is 2.45. The van der Waals surface area contributed by atoms with Crippen LogP contribution < -0.4 is 10.5 Å². The summed E-state index contributed by atoms with van der Waals surface area (Å²) in [7, 11) is 1.67. The second-order valence-corrected chi connectivity index (χ2v) is 5.98. The van der Waals surface area contributed by atoms with Crippen molar-refractivity contribution in [2.75, 3.05) is 13.7 Å². The van der Waals surface area contributed by atoms with Gasteiger partial charge < -0.3 is 15.7 Å². The third-order valence-electron chi connectivity index (χ3n) is 3.98. The van der Waals surface area contributed by atoms with Crippen molar-refractivity contribution in [3.8, 4) is 5.75 Å². The molecule has 0 heterocycles. The summed E-state index contributed by atoms with van der Waals surface area (Å²) in [6.07, 6.45) is 2.68. The second-order valence-electron chi connectivity index (χ2n) is 5.98. The first kappa shape index (κ1) is 15.6. The smallest absolute Gasteiger partial charge is 0.170 e. The van der Waals surface area contributed by atoms with E-state index in [-0.39, 0.29) is 5.84 Å². The fourth-order valence-corrected chi connectivity index (χ4v) is 2.43. The van der Waals surface area contributed by atoms with Crippen LogP contribution in [0.1, 0.15) is 37.8 Å². The topological polar surface area (TPSA) is 71.1 Å². The summed E-state index contributed by atoms with van der Waals surface area (Å²) >= 11 is 0. The maximum atomic E-state index is 8.82. The lowest BCUT2D eigenvalue weighted by Crippen LogP contribution is -2.32. The van der Waals surface area contributed by atoms with Crippen LogP contribution >= 0.6 is 0 Å². The number of nitrogens with two attached hydrogens (primary N) is 1. The summed E-state index contributed by atoms with van der Waals surface area (Å²) in [5.74, 6) is 1.80. The first-order chi connectivity index (χ1) is 10.0. The van der Waals surface area contributed by atoms with Crippen molar-refractivity contribution in [3.63, 3.8) is 0 Å². The summed E-state index contributed by atoms with van der Waals surface area (Å²) < 4.78 is 5.45. The number of benzene rings is 1. The van der Waals surface area contributed by atoms with Gasteiger partial charge in [0.25, 0.3) is 0 Å². The van der Waals surface area contributed by atoms with Gasteiger partial charge in [-0.05, 0) is 50.8 Å². The van der Waals surface area contributed by atoms with Gasteiger partial charge in [0.1, 0.15) is 5.75 Å². The number of nitrogens with zero attached hydrogens (tertiary/aromatic N) is 2. The SMILES string of the molecule is COc1ccc(/C(N)=N/O)cc1CN(CC1CC1)C(C)C. The van der Waals surface area contributed by atoms with E-state index in [1.54, 1.807) is 13.2 Å². The molecule has 1 aliphatic rings. The van der Waals surface area contributed by atoms with E-state index in [0.29, 0.717) is 11.6 Å². The van der Waals surface area contributed by atoms with E-state index >= 15 is 0 Å². The molecule has 0 unspecified atom stereocenters. The number of hydrogen-bond acceptors (Lipinski definition) is 4. The van der Waals surface area contributed by atoms with Crippen molar-refractivity contribution in [2.45, 2.75) is 39.3 Å². The van der Waals surface area contributed by atoms with Crippen LogP contribution in [0.25, 0.3) is 0 Å². The van der Waals surface area contributed by atoms with Crippen LogP contribution in [0.15, 0.2) is 23.4 Å². The average Bonchev–Trinajstić information content (AvgIpc) is 3.29. The molecule has 3 N–H and O–H groups in total. The van der Waals surface area contributed by atoms with Gasteiger partial charge in [-0.15, -0.1) is 0 Å². The maximum absolute atomic E-state index is 8.82. The van der Waals surface area contributed by atoms with E-state index in [1.165, 1.54) is 12.8 Å². The molecule has 5 heteroatoms. The summed E-state index contributed by atoms with van der Waals surface area (Å²) in [5.41, 5.74) is 7.46. The molecule has 2 rings (SSSR count). The van der Waals surface area contributed by atoms with E-state index in [4.69, 9.17) is 15.7 Å². The van der Waals surface area contributed by atoms with Gasteiger partial charge in [-0.1, -0.05) is 5.16 Å². The Kier molecular flexibility index (Phi) is 5.07. The molecule has 1 fully saturated rings. The Morgan fingerprint density at radius 1 is 1.48 bits per heavy atom. The highest BCUT2D eigenvalue weighted by molar-refractivity contribution is 5.97. The molecule has 0 saturated heterocycles. The van der Waals surface area contributed by atoms with E-state index in [9.17, 15) is 0 Å². The Morgan fingerprint density at radius 3 is 2.71 bits per heavy atom. The van der Waals surface area contributed by atoms with Crippen LogP contribution in [-0.2, 0) is 6.54 Å². The minimum Gasteiger partial charge on any atom is -0.496 e. The predicted molar refractivity (Wildman–Crippen MR) is 83.8 cm³/mol. The number of ether oxygens (including phenoxy) is 1. The number of hydrogen-bond donors (Lipinski definition) is 2. The predicted octanol–water partition coefficient (Wildman–Crippen LogP) is 2.41. The minimum atomic E-state index is 0.122. The highest BCUT2D eigenvalue weighted by Crippen LogP contribution is 2.31. The average molecular weight is 291 g/mol. The molecule has 0 amide bonds. The number of oxime groups is 1. The van der Waals surface area contributed by atoms with Crippen molar-refractivity contribution in [3.05, 3.63) is 29.3 Å². The molecule has 1 aliphatic carbocycles. The molecule has 0 aliphatic heterocycles. The molecule has 0 spiro atoms. The minimum absolute atomic E-state index is 0.122. The number of rotatable bonds is 7. The van der Waals surface area contributed by atoms with Gasteiger partial charge >= 0.3 is 0 Å². The zero-order valence-electron chi connectivity index (χ0n) is 13.0. The normalized spacial score (nSPS) is 15.8. The van der Waals surface area contributed by atoms with Gasteiger partial charge in [-0.2, -0.15) is 0 Å². The molecule has 116 valence electrons. The van der Waals surface area contributed by atoms with Crippen LogP contribution in [-0.4, -0.2) is 35.6 Å². The van der Waals surface area contributed by atoms with Crippen LogP contribution in [0.4, 0.5) is 0 Å². The standard InChI is InChI=1S/C16H25N3O2/c1-11(2)19(9-12-4-5-12)10-14-8-13(16(17)18-20)6-7-15(14)21-3/h6-8,11-12,20H,4-5,9-10H2,1-3H3,(H2,17,18). The van der Waals surface area contributed by atoms with Gasteiger partial charge in [0, 0.05) is 30.3 Å². The quantitative estimate of drug-likeness (QED) is 0.350. The molecule has 0 radical (unpaired) electrons. The summed E-state index contributed by atoms with van der Waals surface area (Å²) in [6, 6.07) is 6.09. The van der Waals surface area contributed by atoms with Gasteiger partial charge in [-0.25, -0.2) is 0 Å². The molecule has 1 aromatic rings. The lowest BCUT2D eigenvalue weighted by molar-refractivity contribution is 0.201. The van der Waals surface area contributed by atoms with Crippen molar-refractivity contribution >= 4 is 5.84 Å². The molecule has 1 saturated carbocycles. The van der Waals surface area contributed by atoms with Crippen molar-refractivity contribution < 1.29 is 9.94 Å². The largest absolute Gasteiger partial charge is 0.496 e.